The van der Waals surface area contributed by atoms with Crippen molar-refractivity contribution >= 4 is 15.8 Å². The first-order valence-corrected chi connectivity index (χ1v) is 9.43. The van der Waals surface area contributed by atoms with Gasteiger partial charge in [0.2, 0.25) is 0 Å². The van der Waals surface area contributed by atoms with E-state index in [0.717, 1.165) is 12.8 Å². The summed E-state index contributed by atoms with van der Waals surface area (Å²) >= 11 is 0. The minimum atomic E-state index is -3.31. The summed E-state index contributed by atoms with van der Waals surface area (Å²) in [7, 11) is -3.31. The second-order valence-corrected chi connectivity index (χ2v) is 8.94. The Bertz CT molecular complexity index is 611. The lowest BCUT2D eigenvalue weighted by atomic mass is 9.88. The van der Waals surface area contributed by atoms with Gasteiger partial charge in [-0.3, -0.25) is 4.79 Å². The highest BCUT2D eigenvalue weighted by atomic mass is 32.2. The van der Waals surface area contributed by atoms with Gasteiger partial charge in [-0.05, 0) is 43.9 Å². The van der Waals surface area contributed by atoms with Gasteiger partial charge in [0, 0.05) is 0 Å². The summed E-state index contributed by atoms with van der Waals surface area (Å²) in [5.41, 5.74) is 0.696. The number of rotatable bonds is 6. The fraction of sp³-hybridized carbons (Fsp3) is 0.588. The van der Waals surface area contributed by atoms with Crippen LogP contribution in [0.1, 0.15) is 57.4 Å². The molecule has 22 heavy (non-hydrogen) atoms. The first kappa shape index (κ1) is 17.0. The molecule has 1 N–H and O–H groups in total. The van der Waals surface area contributed by atoms with E-state index in [0.29, 0.717) is 17.9 Å². The number of benzene rings is 1. The Kier molecular flexibility index (Phi) is 5.27. The van der Waals surface area contributed by atoms with Crippen molar-refractivity contribution < 1.29 is 18.3 Å². The molecule has 1 saturated carbocycles. The van der Waals surface area contributed by atoms with Gasteiger partial charge >= 0.3 is 5.97 Å². The van der Waals surface area contributed by atoms with Gasteiger partial charge in [-0.25, -0.2) is 8.42 Å². The third kappa shape index (κ3) is 3.69. The molecule has 0 radical (unpaired) electrons. The summed E-state index contributed by atoms with van der Waals surface area (Å²) in [5, 5.41) is 9.01. The van der Waals surface area contributed by atoms with E-state index >= 15 is 0 Å². The zero-order valence-electron chi connectivity index (χ0n) is 13.2. The largest absolute Gasteiger partial charge is 0.481 e. The van der Waals surface area contributed by atoms with Crippen LogP contribution in [0.4, 0.5) is 0 Å². The number of sulfone groups is 1. The minimum absolute atomic E-state index is 0.260. The van der Waals surface area contributed by atoms with Crippen LogP contribution in [0.2, 0.25) is 0 Å². The molecule has 2 rings (SSSR count). The Morgan fingerprint density at radius 2 is 1.73 bits per heavy atom. The molecule has 5 heteroatoms. The molecule has 1 aliphatic rings. The molecule has 1 aliphatic carbocycles. The van der Waals surface area contributed by atoms with Crippen molar-refractivity contribution in [2.75, 3.05) is 0 Å². The van der Waals surface area contributed by atoms with Crippen LogP contribution in [0.5, 0.6) is 0 Å². The molecule has 1 unspecified atom stereocenters. The van der Waals surface area contributed by atoms with Crippen LogP contribution in [0.3, 0.4) is 0 Å². The first-order valence-electron chi connectivity index (χ1n) is 7.89. The maximum absolute atomic E-state index is 12.1. The van der Waals surface area contributed by atoms with Crippen molar-refractivity contribution in [2.45, 2.75) is 62.0 Å². The predicted octanol–water partition coefficient (Wildman–Crippen LogP) is 3.62. The van der Waals surface area contributed by atoms with Gasteiger partial charge in [0.05, 0.1) is 16.1 Å². The Balaban J connectivity index is 2.21. The molecular formula is C17H24O4S. The van der Waals surface area contributed by atoms with Gasteiger partial charge in [0.15, 0.2) is 9.84 Å². The summed E-state index contributed by atoms with van der Waals surface area (Å²) in [6, 6.07) is 6.39. The summed E-state index contributed by atoms with van der Waals surface area (Å²) in [4.78, 5) is 11.8. The number of carboxylic acids is 1. The van der Waals surface area contributed by atoms with E-state index in [2.05, 4.69) is 0 Å². The lowest BCUT2D eigenvalue weighted by molar-refractivity contribution is -0.139. The average molecular weight is 324 g/mol. The van der Waals surface area contributed by atoms with E-state index in [1.807, 2.05) is 0 Å². The Morgan fingerprint density at radius 3 is 2.18 bits per heavy atom. The SMILES string of the molecule is CC(C)S(=O)(=O)c1ccc(C(CC2CCCC2)C(=O)O)cc1. The number of aliphatic carboxylic acids is 1. The molecular weight excluding hydrogens is 300 g/mol. The first-order chi connectivity index (χ1) is 10.3. The van der Waals surface area contributed by atoms with Crippen molar-refractivity contribution in [3.05, 3.63) is 29.8 Å². The van der Waals surface area contributed by atoms with Crippen LogP contribution < -0.4 is 0 Å². The summed E-state index contributed by atoms with van der Waals surface area (Å²) in [6.07, 6.45) is 5.21. The van der Waals surface area contributed by atoms with Crippen molar-refractivity contribution in [2.24, 2.45) is 5.92 Å². The van der Waals surface area contributed by atoms with Gasteiger partial charge in [-0.1, -0.05) is 37.8 Å². The monoisotopic (exact) mass is 324 g/mol. The Hall–Kier alpha value is -1.36. The maximum Gasteiger partial charge on any atom is 0.310 e. The standard InChI is InChI=1S/C17H24O4S/c1-12(2)22(20,21)15-9-7-14(8-10-15)16(17(18)19)11-13-5-3-4-6-13/h7-10,12-13,16H,3-6,11H2,1-2H3,(H,18,19). The topological polar surface area (TPSA) is 71.4 Å². The van der Waals surface area contributed by atoms with Gasteiger partial charge in [-0.2, -0.15) is 0 Å². The molecule has 0 aliphatic heterocycles. The summed E-state index contributed by atoms with van der Waals surface area (Å²) < 4.78 is 24.2. The predicted molar refractivity (Wildman–Crippen MR) is 85.7 cm³/mol. The van der Waals surface area contributed by atoms with E-state index in [-0.39, 0.29) is 4.90 Å². The third-order valence-electron chi connectivity index (χ3n) is 4.57. The van der Waals surface area contributed by atoms with Gasteiger partial charge < -0.3 is 5.11 Å². The Morgan fingerprint density at radius 1 is 1.18 bits per heavy atom. The fourth-order valence-corrected chi connectivity index (χ4v) is 4.18. The molecule has 0 bridgehead atoms. The van der Waals surface area contributed by atoms with E-state index in [1.54, 1.807) is 26.0 Å². The zero-order chi connectivity index (χ0) is 16.3. The second kappa shape index (κ2) is 6.82. The van der Waals surface area contributed by atoms with E-state index < -0.39 is 27.0 Å². The van der Waals surface area contributed by atoms with E-state index in [1.165, 1.54) is 25.0 Å². The summed E-state index contributed by atoms with van der Waals surface area (Å²) in [6.45, 7) is 3.28. The number of carboxylic acid groups (broad SMARTS) is 1. The molecule has 122 valence electrons. The quantitative estimate of drug-likeness (QED) is 0.867. The number of hydrogen-bond donors (Lipinski definition) is 1. The molecule has 0 aromatic heterocycles. The van der Waals surface area contributed by atoms with E-state index in [4.69, 9.17) is 0 Å². The van der Waals surface area contributed by atoms with Crippen molar-refractivity contribution in [3.63, 3.8) is 0 Å². The highest BCUT2D eigenvalue weighted by Gasteiger charge is 2.27. The molecule has 0 amide bonds. The normalized spacial score (nSPS) is 17.8. The van der Waals surface area contributed by atoms with Crippen LogP contribution in [0.15, 0.2) is 29.2 Å². The second-order valence-electron chi connectivity index (χ2n) is 6.44. The van der Waals surface area contributed by atoms with Gasteiger partial charge in [0.25, 0.3) is 0 Å². The minimum Gasteiger partial charge on any atom is -0.481 e. The maximum atomic E-state index is 12.1. The fourth-order valence-electron chi connectivity index (χ4n) is 3.12. The number of carbonyl (C=O) groups is 1. The van der Waals surface area contributed by atoms with E-state index in [9.17, 15) is 18.3 Å². The van der Waals surface area contributed by atoms with Crippen LogP contribution in [-0.2, 0) is 14.6 Å². The molecule has 1 aromatic rings. The van der Waals surface area contributed by atoms with Crippen molar-refractivity contribution in [1.29, 1.82) is 0 Å². The average Bonchev–Trinajstić information content (AvgIpc) is 2.97. The van der Waals surface area contributed by atoms with Crippen molar-refractivity contribution in [1.82, 2.24) is 0 Å². The lowest BCUT2D eigenvalue weighted by Crippen LogP contribution is -2.16. The molecule has 4 nitrogen and oxygen atoms in total. The van der Waals surface area contributed by atoms with Crippen LogP contribution in [0.25, 0.3) is 0 Å². The molecule has 1 atom stereocenters. The highest BCUT2D eigenvalue weighted by Crippen LogP contribution is 2.34. The third-order valence-corrected chi connectivity index (χ3v) is 6.74. The van der Waals surface area contributed by atoms with Crippen LogP contribution in [0, 0.1) is 5.92 Å². The molecule has 0 spiro atoms. The van der Waals surface area contributed by atoms with Crippen LogP contribution >= 0.6 is 0 Å². The lowest BCUT2D eigenvalue weighted by Gasteiger charge is -2.17. The molecule has 1 fully saturated rings. The van der Waals surface area contributed by atoms with Crippen LogP contribution in [-0.4, -0.2) is 24.7 Å². The van der Waals surface area contributed by atoms with Crippen molar-refractivity contribution in [3.8, 4) is 0 Å². The zero-order valence-corrected chi connectivity index (χ0v) is 14.0. The smallest absolute Gasteiger partial charge is 0.310 e. The highest BCUT2D eigenvalue weighted by molar-refractivity contribution is 7.92. The Labute approximate surface area is 132 Å². The number of hydrogen-bond acceptors (Lipinski definition) is 3. The molecule has 0 heterocycles. The van der Waals surface area contributed by atoms with Gasteiger partial charge in [0.1, 0.15) is 0 Å². The van der Waals surface area contributed by atoms with Gasteiger partial charge in [-0.15, -0.1) is 0 Å². The molecule has 1 aromatic carbocycles. The molecule has 0 saturated heterocycles. The summed E-state index contributed by atoms with van der Waals surface area (Å²) in [5.74, 6) is -0.898.